The summed E-state index contributed by atoms with van der Waals surface area (Å²) in [4.78, 5) is 10.9. The normalized spacial score (nSPS) is 10.5. The first kappa shape index (κ1) is 15.1. The molecule has 3 heteroatoms. The van der Waals surface area contributed by atoms with Crippen LogP contribution in [0.1, 0.15) is 37.8 Å². The van der Waals surface area contributed by atoms with E-state index >= 15 is 0 Å². The van der Waals surface area contributed by atoms with Crippen molar-refractivity contribution in [2.24, 2.45) is 0 Å². The number of ether oxygens (including phenoxy) is 1. The Bertz CT molecular complexity index is 586. The summed E-state index contributed by atoms with van der Waals surface area (Å²) in [6, 6.07) is 15.9. The largest absolute Gasteiger partial charge is 0.489 e. The number of carbonyl (C=O) groups is 1. The van der Waals surface area contributed by atoms with Gasteiger partial charge in [0.2, 0.25) is 5.91 Å². The molecule has 110 valence electrons. The lowest BCUT2D eigenvalue weighted by atomic mass is 10.0. The average molecular weight is 283 g/mol. The van der Waals surface area contributed by atoms with Crippen molar-refractivity contribution in [3.8, 4) is 5.75 Å². The van der Waals surface area contributed by atoms with Gasteiger partial charge in [-0.1, -0.05) is 38.1 Å². The molecule has 0 aromatic heterocycles. The Morgan fingerprint density at radius 2 is 1.67 bits per heavy atom. The number of carbonyl (C=O) groups excluding carboxylic acids is 1. The van der Waals surface area contributed by atoms with Crippen LogP contribution < -0.4 is 10.1 Å². The summed E-state index contributed by atoms with van der Waals surface area (Å²) in [5, 5.41) is 2.73. The van der Waals surface area contributed by atoms with Gasteiger partial charge in [-0.2, -0.15) is 0 Å². The average Bonchev–Trinajstić information content (AvgIpc) is 2.46. The fraction of sp³-hybridized carbons (Fsp3) is 0.278. The van der Waals surface area contributed by atoms with Crippen molar-refractivity contribution in [1.29, 1.82) is 0 Å². The molecule has 2 aromatic carbocycles. The summed E-state index contributed by atoms with van der Waals surface area (Å²) in [5.74, 6) is 1.26. The second-order valence-corrected chi connectivity index (χ2v) is 5.39. The van der Waals surface area contributed by atoms with E-state index in [9.17, 15) is 4.79 Å². The van der Waals surface area contributed by atoms with Crippen LogP contribution in [-0.4, -0.2) is 5.91 Å². The van der Waals surface area contributed by atoms with E-state index in [0.29, 0.717) is 12.5 Å². The van der Waals surface area contributed by atoms with E-state index in [0.717, 1.165) is 17.0 Å². The van der Waals surface area contributed by atoms with E-state index in [1.165, 1.54) is 12.5 Å². The molecule has 0 aliphatic heterocycles. The van der Waals surface area contributed by atoms with Crippen LogP contribution >= 0.6 is 0 Å². The molecule has 1 N–H and O–H groups in total. The molecular weight excluding hydrogens is 262 g/mol. The van der Waals surface area contributed by atoms with Gasteiger partial charge in [-0.25, -0.2) is 0 Å². The molecule has 0 heterocycles. The van der Waals surface area contributed by atoms with Gasteiger partial charge in [0.05, 0.1) is 0 Å². The molecule has 0 aliphatic carbocycles. The van der Waals surface area contributed by atoms with E-state index in [-0.39, 0.29) is 5.91 Å². The van der Waals surface area contributed by atoms with Crippen LogP contribution in [0.15, 0.2) is 48.5 Å². The molecule has 0 saturated heterocycles. The van der Waals surface area contributed by atoms with Crippen molar-refractivity contribution in [2.45, 2.75) is 33.3 Å². The highest BCUT2D eigenvalue weighted by Crippen LogP contribution is 2.18. The van der Waals surface area contributed by atoms with Crippen molar-refractivity contribution in [3.05, 3.63) is 59.7 Å². The third-order valence-electron chi connectivity index (χ3n) is 3.23. The molecule has 0 spiro atoms. The predicted octanol–water partition coefficient (Wildman–Crippen LogP) is 4.35. The molecule has 0 atom stereocenters. The van der Waals surface area contributed by atoms with E-state index < -0.39 is 0 Å². The molecule has 1 amide bonds. The summed E-state index contributed by atoms with van der Waals surface area (Å²) in [7, 11) is 0. The number of benzene rings is 2. The second kappa shape index (κ2) is 6.93. The van der Waals surface area contributed by atoms with Gasteiger partial charge in [0.25, 0.3) is 0 Å². The van der Waals surface area contributed by atoms with Gasteiger partial charge in [0, 0.05) is 12.6 Å². The van der Waals surface area contributed by atoms with Crippen LogP contribution in [0.25, 0.3) is 0 Å². The van der Waals surface area contributed by atoms with Crippen molar-refractivity contribution < 1.29 is 9.53 Å². The highest BCUT2D eigenvalue weighted by molar-refractivity contribution is 5.88. The van der Waals surface area contributed by atoms with Crippen LogP contribution in [0.4, 0.5) is 5.69 Å². The topological polar surface area (TPSA) is 38.3 Å². The van der Waals surface area contributed by atoms with Gasteiger partial charge in [0.15, 0.2) is 0 Å². The van der Waals surface area contributed by atoms with Crippen molar-refractivity contribution >= 4 is 11.6 Å². The maximum absolute atomic E-state index is 10.9. The molecule has 0 fully saturated rings. The Kier molecular flexibility index (Phi) is 4.99. The Morgan fingerprint density at radius 3 is 2.19 bits per heavy atom. The highest BCUT2D eigenvalue weighted by Gasteiger charge is 2.01. The minimum Gasteiger partial charge on any atom is -0.489 e. The Morgan fingerprint density at radius 1 is 1.05 bits per heavy atom. The number of amides is 1. The summed E-state index contributed by atoms with van der Waals surface area (Å²) in [6.45, 7) is 6.40. The van der Waals surface area contributed by atoms with E-state index in [1.54, 1.807) is 0 Å². The zero-order valence-electron chi connectivity index (χ0n) is 12.7. The lowest BCUT2D eigenvalue weighted by molar-refractivity contribution is -0.114. The molecule has 3 nitrogen and oxygen atoms in total. The van der Waals surface area contributed by atoms with Crippen LogP contribution in [-0.2, 0) is 11.4 Å². The fourth-order valence-electron chi connectivity index (χ4n) is 2.00. The molecule has 0 unspecified atom stereocenters. The number of nitrogens with one attached hydrogen (secondary N) is 1. The first-order valence-electron chi connectivity index (χ1n) is 7.14. The Hall–Kier alpha value is -2.29. The monoisotopic (exact) mass is 283 g/mol. The van der Waals surface area contributed by atoms with Crippen LogP contribution in [0.5, 0.6) is 5.75 Å². The second-order valence-electron chi connectivity index (χ2n) is 5.39. The fourth-order valence-corrected chi connectivity index (χ4v) is 2.00. The molecule has 0 aliphatic rings. The van der Waals surface area contributed by atoms with Crippen LogP contribution in [0, 0.1) is 0 Å². The minimum atomic E-state index is -0.0751. The van der Waals surface area contributed by atoms with Crippen molar-refractivity contribution in [2.75, 3.05) is 5.32 Å². The quantitative estimate of drug-likeness (QED) is 0.886. The lowest BCUT2D eigenvalue weighted by Crippen LogP contribution is -2.05. The van der Waals surface area contributed by atoms with E-state index in [2.05, 4.69) is 43.4 Å². The van der Waals surface area contributed by atoms with Gasteiger partial charge in [-0.05, 0) is 41.3 Å². The number of anilines is 1. The Labute approximate surface area is 126 Å². The standard InChI is InChI=1S/C18H21NO2/c1-13(2)16-6-4-15(5-7-16)12-21-18-10-8-17(9-11-18)19-14(3)20/h4-11,13H,12H2,1-3H3,(H,19,20). The zero-order chi connectivity index (χ0) is 15.2. The molecule has 21 heavy (non-hydrogen) atoms. The zero-order valence-corrected chi connectivity index (χ0v) is 12.7. The lowest BCUT2D eigenvalue weighted by Gasteiger charge is -2.09. The van der Waals surface area contributed by atoms with Gasteiger partial charge in [-0.15, -0.1) is 0 Å². The maximum atomic E-state index is 10.9. The summed E-state index contributed by atoms with van der Waals surface area (Å²) >= 11 is 0. The predicted molar refractivity (Wildman–Crippen MR) is 85.6 cm³/mol. The Balaban J connectivity index is 1.91. The van der Waals surface area contributed by atoms with E-state index in [1.807, 2.05) is 24.3 Å². The number of rotatable bonds is 5. The van der Waals surface area contributed by atoms with Crippen LogP contribution in [0.2, 0.25) is 0 Å². The SMILES string of the molecule is CC(=O)Nc1ccc(OCc2ccc(C(C)C)cc2)cc1. The first-order chi connectivity index (χ1) is 10.0. The van der Waals surface area contributed by atoms with Gasteiger partial charge in [-0.3, -0.25) is 4.79 Å². The summed E-state index contributed by atoms with van der Waals surface area (Å²) in [6.07, 6.45) is 0. The molecule has 0 radical (unpaired) electrons. The molecule has 2 rings (SSSR count). The van der Waals surface area contributed by atoms with Crippen molar-refractivity contribution in [3.63, 3.8) is 0 Å². The number of hydrogen-bond acceptors (Lipinski definition) is 2. The van der Waals surface area contributed by atoms with Gasteiger partial charge in [0.1, 0.15) is 12.4 Å². The molecule has 0 bridgehead atoms. The third-order valence-corrected chi connectivity index (χ3v) is 3.23. The van der Waals surface area contributed by atoms with Gasteiger partial charge < -0.3 is 10.1 Å². The van der Waals surface area contributed by atoms with Gasteiger partial charge >= 0.3 is 0 Å². The smallest absolute Gasteiger partial charge is 0.221 e. The first-order valence-corrected chi connectivity index (χ1v) is 7.14. The third kappa shape index (κ3) is 4.63. The number of hydrogen-bond donors (Lipinski definition) is 1. The highest BCUT2D eigenvalue weighted by atomic mass is 16.5. The summed E-state index contributed by atoms with van der Waals surface area (Å²) < 4.78 is 5.74. The molecule has 2 aromatic rings. The molecule has 0 saturated carbocycles. The van der Waals surface area contributed by atoms with Crippen molar-refractivity contribution in [1.82, 2.24) is 0 Å². The maximum Gasteiger partial charge on any atom is 0.221 e. The minimum absolute atomic E-state index is 0.0751. The van der Waals surface area contributed by atoms with E-state index in [4.69, 9.17) is 4.74 Å². The van der Waals surface area contributed by atoms with Crippen LogP contribution in [0.3, 0.4) is 0 Å². The summed E-state index contributed by atoms with van der Waals surface area (Å²) in [5.41, 5.74) is 3.25. The molecular formula is C18H21NO2.